The van der Waals surface area contributed by atoms with Gasteiger partial charge >= 0.3 is 0 Å². The molecule has 0 saturated carbocycles. The lowest BCUT2D eigenvalue weighted by Crippen LogP contribution is -2.22. The smallest absolute Gasteiger partial charge is 0.242 e. The summed E-state index contributed by atoms with van der Waals surface area (Å²) in [7, 11) is -0.348. The van der Waals surface area contributed by atoms with Crippen molar-refractivity contribution in [2.75, 3.05) is 14.1 Å². The maximum Gasteiger partial charge on any atom is 0.242 e. The molecule has 0 unspecified atom stereocenters. The van der Waals surface area contributed by atoms with Crippen molar-refractivity contribution in [3.63, 3.8) is 0 Å². The molecule has 2 aromatic rings. The van der Waals surface area contributed by atoms with E-state index in [9.17, 15) is 8.42 Å². The molecule has 0 aliphatic heterocycles. The van der Waals surface area contributed by atoms with E-state index in [4.69, 9.17) is 0 Å². The van der Waals surface area contributed by atoms with Crippen molar-refractivity contribution < 1.29 is 8.42 Å². The lowest BCUT2D eigenvalue weighted by molar-refractivity contribution is 0.521. The molecule has 5 nitrogen and oxygen atoms in total. The first-order valence-corrected chi connectivity index (χ1v) is 7.21. The monoisotopic (exact) mass is 267 g/mol. The predicted molar refractivity (Wildman–Crippen MR) is 71.0 cm³/mol. The van der Waals surface area contributed by atoms with Crippen LogP contribution in [0.5, 0.6) is 0 Å². The summed E-state index contributed by atoms with van der Waals surface area (Å²) in [5.74, 6) is 0.895. The molecule has 0 radical (unpaired) electrons. The van der Waals surface area contributed by atoms with Gasteiger partial charge in [0.15, 0.2) is 0 Å². The summed E-state index contributed by atoms with van der Waals surface area (Å²) in [6.07, 6.45) is 0. The predicted octanol–water partition coefficient (Wildman–Crippen LogP) is 1.61. The van der Waals surface area contributed by atoms with Gasteiger partial charge in [-0.1, -0.05) is 0 Å². The fourth-order valence-electron chi connectivity index (χ4n) is 2.00. The Hall–Kier alpha value is -1.40. The molecule has 18 heavy (non-hydrogen) atoms. The minimum absolute atomic E-state index is 0.278. The maximum atomic E-state index is 12.0. The van der Waals surface area contributed by atoms with E-state index >= 15 is 0 Å². The van der Waals surface area contributed by atoms with E-state index in [2.05, 4.69) is 9.55 Å². The summed E-state index contributed by atoms with van der Waals surface area (Å²) in [4.78, 5) is 4.68. The number of hydrogen-bond donors (Lipinski definition) is 0. The molecule has 1 heterocycles. The van der Waals surface area contributed by atoms with Crippen molar-refractivity contribution in [1.29, 1.82) is 0 Å². The number of imidazole rings is 1. The zero-order valence-electron chi connectivity index (χ0n) is 11.0. The van der Waals surface area contributed by atoms with Crippen LogP contribution in [-0.4, -0.2) is 36.4 Å². The Morgan fingerprint density at radius 2 is 2.00 bits per heavy atom. The van der Waals surface area contributed by atoms with E-state index in [0.29, 0.717) is 0 Å². The first-order chi connectivity index (χ1) is 8.37. The van der Waals surface area contributed by atoms with Gasteiger partial charge in [-0.3, -0.25) is 0 Å². The molecule has 0 spiro atoms. The van der Waals surface area contributed by atoms with Crippen LogP contribution in [0.25, 0.3) is 11.0 Å². The SMILES string of the molecule is CCn1c(C)nc2cc(S(=O)(=O)N(C)C)ccc21. The third-order valence-electron chi connectivity index (χ3n) is 3.01. The van der Waals surface area contributed by atoms with Crippen LogP contribution in [0.1, 0.15) is 12.7 Å². The van der Waals surface area contributed by atoms with Crippen molar-refractivity contribution >= 4 is 21.1 Å². The van der Waals surface area contributed by atoms with Gasteiger partial charge in [0.2, 0.25) is 10.0 Å². The largest absolute Gasteiger partial charge is 0.329 e. The molecule has 0 aliphatic rings. The summed E-state index contributed by atoms with van der Waals surface area (Å²) in [6, 6.07) is 5.07. The maximum absolute atomic E-state index is 12.0. The second kappa shape index (κ2) is 4.37. The average molecular weight is 267 g/mol. The molecule has 6 heteroatoms. The van der Waals surface area contributed by atoms with Crippen molar-refractivity contribution in [2.45, 2.75) is 25.3 Å². The van der Waals surface area contributed by atoms with E-state index in [1.54, 1.807) is 12.1 Å². The molecule has 0 saturated heterocycles. The summed E-state index contributed by atoms with van der Waals surface area (Å²) in [6.45, 7) is 4.78. The minimum atomic E-state index is -3.39. The highest BCUT2D eigenvalue weighted by atomic mass is 32.2. The van der Waals surface area contributed by atoms with Crippen molar-refractivity contribution in [1.82, 2.24) is 13.9 Å². The van der Waals surface area contributed by atoms with Crippen molar-refractivity contribution in [3.05, 3.63) is 24.0 Å². The summed E-state index contributed by atoms with van der Waals surface area (Å²) < 4.78 is 27.3. The van der Waals surface area contributed by atoms with E-state index < -0.39 is 10.0 Å². The summed E-state index contributed by atoms with van der Waals surface area (Å²) >= 11 is 0. The number of nitrogens with zero attached hydrogens (tertiary/aromatic N) is 3. The molecule has 0 amide bonds. The lowest BCUT2D eigenvalue weighted by Gasteiger charge is -2.11. The second-order valence-electron chi connectivity index (χ2n) is 4.34. The van der Waals surface area contributed by atoms with E-state index in [-0.39, 0.29) is 4.90 Å². The van der Waals surface area contributed by atoms with E-state index in [0.717, 1.165) is 23.4 Å². The number of hydrogen-bond acceptors (Lipinski definition) is 3. The highest BCUT2D eigenvalue weighted by Crippen LogP contribution is 2.21. The van der Waals surface area contributed by atoms with Crippen LogP contribution >= 0.6 is 0 Å². The topological polar surface area (TPSA) is 55.2 Å². The molecule has 0 N–H and O–H groups in total. The number of rotatable bonds is 3. The third kappa shape index (κ3) is 1.91. The molecule has 0 fully saturated rings. The number of aryl methyl sites for hydroxylation is 2. The zero-order chi connectivity index (χ0) is 13.5. The van der Waals surface area contributed by atoms with Gasteiger partial charge in [-0.25, -0.2) is 17.7 Å². The van der Waals surface area contributed by atoms with Gasteiger partial charge in [0.05, 0.1) is 15.9 Å². The average Bonchev–Trinajstić information content (AvgIpc) is 2.62. The Kier molecular flexibility index (Phi) is 3.16. The first kappa shape index (κ1) is 13.0. The Balaban J connectivity index is 2.66. The van der Waals surface area contributed by atoms with Crippen molar-refractivity contribution in [3.8, 4) is 0 Å². The highest BCUT2D eigenvalue weighted by molar-refractivity contribution is 7.89. The molecule has 0 aliphatic carbocycles. The van der Waals surface area contributed by atoms with Gasteiger partial charge < -0.3 is 4.57 Å². The van der Waals surface area contributed by atoms with Gasteiger partial charge in [0.25, 0.3) is 0 Å². The number of fused-ring (bicyclic) bond motifs is 1. The number of benzene rings is 1. The fourth-order valence-corrected chi connectivity index (χ4v) is 2.92. The second-order valence-corrected chi connectivity index (χ2v) is 6.49. The fraction of sp³-hybridized carbons (Fsp3) is 0.417. The molecule has 0 atom stereocenters. The molecular formula is C12H17N3O2S. The number of aromatic nitrogens is 2. The standard InChI is InChI=1S/C12H17N3O2S/c1-5-15-9(2)13-11-8-10(6-7-12(11)15)18(16,17)14(3)4/h6-8H,5H2,1-4H3. The zero-order valence-corrected chi connectivity index (χ0v) is 11.8. The van der Waals surface area contributed by atoms with Crippen LogP contribution < -0.4 is 0 Å². The van der Waals surface area contributed by atoms with Crippen molar-refractivity contribution in [2.24, 2.45) is 0 Å². The molecule has 2 rings (SSSR count). The van der Waals surface area contributed by atoms with Gasteiger partial charge in [0, 0.05) is 20.6 Å². The normalized spacial score (nSPS) is 12.5. The van der Waals surface area contributed by atoms with Gasteiger partial charge in [0.1, 0.15) is 5.82 Å². The molecule has 1 aromatic heterocycles. The lowest BCUT2D eigenvalue weighted by atomic mass is 10.3. The van der Waals surface area contributed by atoms with Crippen LogP contribution in [0.4, 0.5) is 0 Å². The molecule has 1 aromatic carbocycles. The molecule has 0 bridgehead atoms. The van der Waals surface area contributed by atoms with E-state index in [1.807, 2.05) is 19.9 Å². The Bertz CT molecular complexity index is 687. The van der Waals surface area contributed by atoms with Crippen LogP contribution in [0.15, 0.2) is 23.1 Å². The van der Waals surface area contributed by atoms with Crippen LogP contribution in [-0.2, 0) is 16.6 Å². The first-order valence-electron chi connectivity index (χ1n) is 5.77. The molecule has 98 valence electrons. The Morgan fingerprint density at radius 1 is 1.33 bits per heavy atom. The van der Waals surface area contributed by atoms with Crippen LogP contribution in [0.2, 0.25) is 0 Å². The van der Waals surface area contributed by atoms with Crippen LogP contribution in [0.3, 0.4) is 0 Å². The van der Waals surface area contributed by atoms with Gasteiger partial charge in [-0.2, -0.15) is 0 Å². The highest BCUT2D eigenvalue weighted by Gasteiger charge is 2.18. The van der Waals surface area contributed by atoms with E-state index in [1.165, 1.54) is 18.4 Å². The third-order valence-corrected chi connectivity index (χ3v) is 4.82. The Morgan fingerprint density at radius 3 is 2.56 bits per heavy atom. The number of sulfonamides is 1. The van der Waals surface area contributed by atoms with Gasteiger partial charge in [-0.05, 0) is 32.0 Å². The Labute approximate surface area is 107 Å². The van der Waals surface area contributed by atoms with Crippen LogP contribution in [0, 0.1) is 6.92 Å². The molecular weight excluding hydrogens is 250 g/mol. The van der Waals surface area contributed by atoms with Gasteiger partial charge in [-0.15, -0.1) is 0 Å². The minimum Gasteiger partial charge on any atom is -0.329 e. The quantitative estimate of drug-likeness (QED) is 0.849. The summed E-state index contributed by atoms with van der Waals surface area (Å²) in [5, 5.41) is 0. The summed E-state index contributed by atoms with van der Waals surface area (Å²) in [5.41, 5.74) is 1.69.